The van der Waals surface area contributed by atoms with E-state index >= 15 is 0 Å². The summed E-state index contributed by atoms with van der Waals surface area (Å²) in [5.41, 5.74) is 4.48. The first-order valence-corrected chi connectivity index (χ1v) is 9.37. The van der Waals surface area contributed by atoms with E-state index in [0.717, 1.165) is 27.7 Å². The molecule has 0 aliphatic carbocycles. The second kappa shape index (κ2) is 8.68. The molecular weight excluding hydrogens is 358 g/mol. The van der Waals surface area contributed by atoms with Gasteiger partial charge in [0.25, 0.3) is 0 Å². The summed E-state index contributed by atoms with van der Waals surface area (Å²) in [5.74, 6) is -0.327. The Bertz CT molecular complexity index is 951. The number of H-pyrrole nitrogens is 1. The smallest absolute Gasteiger partial charge is 0.355 e. The van der Waals surface area contributed by atoms with E-state index in [-0.39, 0.29) is 5.97 Å². The number of nitrogens with one attached hydrogen (secondary N) is 3. The van der Waals surface area contributed by atoms with E-state index in [1.54, 1.807) is 6.92 Å². The molecule has 6 heteroatoms. The normalized spacial score (nSPS) is 10.6. The quantitative estimate of drug-likeness (QED) is 0.441. The molecule has 0 amide bonds. The summed E-state index contributed by atoms with van der Waals surface area (Å²) in [6.07, 6.45) is 0.647. The van der Waals surface area contributed by atoms with Crippen LogP contribution in [0.2, 0.25) is 0 Å². The van der Waals surface area contributed by atoms with Gasteiger partial charge in [0.15, 0.2) is 5.11 Å². The molecule has 0 saturated carbocycles. The molecule has 3 aromatic rings. The van der Waals surface area contributed by atoms with Crippen molar-refractivity contribution >= 4 is 39.9 Å². The summed E-state index contributed by atoms with van der Waals surface area (Å²) in [5, 5.41) is 7.94. The second-order valence-electron chi connectivity index (χ2n) is 6.24. The van der Waals surface area contributed by atoms with Gasteiger partial charge in [-0.3, -0.25) is 0 Å². The summed E-state index contributed by atoms with van der Waals surface area (Å²) in [6, 6.07) is 15.9. The van der Waals surface area contributed by atoms with Gasteiger partial charge in [-0.05, 0) is 62.3 Å². The number of aromatic nitrogens is 1. The van der Waals surface area contributed by atoms with Gasteiger partial charge in [-0.1, -0.05) is 29.8 Å². The van der Waals surface area contributed by atoms with Crippen LogP contribution in [0.25, 0.3) is 10.9 Å². The van der Waals surface area contributed by atoms with Gasteiger partial charge in [0.2, 0.25) is 0 Å². The predicted molar refractivity (Wildman–Crippen MR) is 113 cm³/mol. The number of anilines is 1. The molecule has 1 aromatic heterocycles. The molecule has 0 radical (unpaired) electrons. The van der Waals surface area contributed by atoms with Crippen molar-refractivity contribution in [2.24, 2.45) is 0 Å². The fraction of sp³-hybridized carbons (Fsp3) is 0.238. The third-order valence-corrected chi connectivity index (χ3v) is 4.48. The van der Waals surface area contributed by atoms with Crippen molar-refractivity contribution in [3.05, 3.63) is 65.4 Å². The number of para-hydroxylation sites is 1. The summed E-state index contributed by atoms with van der Waals surface area (Å²) in [4.78, 5) is 15.5. The molecule has 1 heterocycles. The number of benzene rings is 2. The lowest BCUT2D eigenvalue weighted by Gasteiger charge is -2.11. The lowest BCUT2D eigenvalue weighted by atomic mass is 10.1. The number of ether oxygens (including phenoxy) is 1. The van der Waals surface area contributed by atoms with Gasteiger partial charge in [-0.2, -0.15) is 0 Å². The van der Waals surface area contributed by atoms with Gasteiger partial charge >= 0.3 is 5.97 Å². The Labute approximate surface area is 164 Å². The van der Waals surface area contributed by atoms with Gasteiger partial charge in [0.05, 0.1) is 6.61 Å². The van der Waals surface area contributed by atoms with Crippen LogP contribution in [0, 0.1) is 6.92 Å². The number of carbonyl (C=O) groups is 1. The Kier molecular flexibility index (Phi) is 6.08. The first-order valence-electron chi connectivity index (χ1n) is 8.96. The van der Waals surface area contributed by atoms with E-state index < -0.39 is 0 Å². The van der Waals surface area contributed by atoms with Crippen LogP contribution in [-0.4, -0.2) is 29.2 Å². The predicted octanol–water partition coefficient (Wildman–Crippen LogP) is 4.18. The zero-order valence-electron chi connectivity index (χ0n) is 15.5. The maximum absolute atomic E-state index is 12.3. The van der Waals surface area contributed by atoms with Crippen LogP contribution in [0.15, 0.2) is 48.5 Å². The summed E-state index contributed by atoms with van der Waals surface area (Å²) in [6.45, 7) is 4.79. The maximum atomic E-state index is 12.3. The standard InChI is InChI=1S/C21H23N3O2S/c1-3-26-20(25)19-16(17-13-14(2)9-10-18(17)24-19)11-12-22-21(27)23-15-7-5-4-6-8-15/h4-10,13,24H,3,11-12H2,1-2H3,(H2,22,23,27). The van der Waals surface area contributed by atoms with Crippen LogP contribution in [-0.2, 0) is 11.2 Å². The lowest BCUT2D eigenvalue weighted by Crippen LogP contribution is -2.30. The number of rotatable bonds is 6. The highest BCUT2D eigenvalue weighted by molar-refractivity contribution is 7.80. The van der Waals surface area contributed by atoms with E-state index in [1.165, 1.54) is 0 Å². The van der Waals surface area contributed by atoms with Crippen molar-refractivity contribution in [1.29, 1.82) is 0 Å². The third-order valence-electron chi connectivity index (χ3n) is 4.23. The molecule has 2 aromatic carbocycles. The Morgan fingerprint density at radius 1 is 1.19 bits per heavy atom. The third kappa shape index (κ3) is 4.65. The number of esters is 1. The number of hydrogen-bond acceptors (Lipinski definition) is 3. The van der Waals surface area contributed by atoms with Crippen LogP contribution in [0.4, 0.5) is 5.69 Å². The Balaban J connectivity index is 1.73. The van der Waals surface area contributed by atoms with Crippen LogP contribution in [0.5, 0.6) is 0 Å². The number of fused-ring (bicyclic) bond motifs is 1. The van der Waals surface area contributed by atoms with Crippen molar-refractivity contribution in [3.63, 3.8) is 0 Å². The zero-order chi connectivity index (χ0) is 19.2. The summed E-state index contributed by atoms with van der Waals surface area (Å²) < 4.78 is 5.21. The van der Waals surface area contributed by atoms with Crippen molar-refractivity contribution < 1.29 is 9.53 Å². The van der Waals surface area contributed by atoms with Crippen LogP contribution >= 0.6 is 12.2 Å². The first kappa shape index (κ1) is 18.9. The zero-order valence-corrected chi connectivity index (χ0v) is 16.3. The number of aromatic amines is 1. The monoisotopic (exact) mass is 381 g/mol. The molecule has 5 nitrogen and oxygen atoms in total. The highest BCUT2D eigenvalue weighted by atomic mass is 32.1. The van der Waals surface area contributed by atoms with E-state index in [4.69, 9.17) is 17.0 Å². The fourth-order valence-corrected chi connectivity index (χ4v) is 3.22. The minimum absolute atomic E-state index is 0.327. The Hall–Kier alpha value is -2.86. The number of carbonyl (C=O) groups excluding carboxylic acids is 1. The fourth-order valence-electron chi connectivity index (χ4n) is 3.00. The minimum Gasteiger partial charge on any atom is -0.461 e. The molecule has 0 aliphatic rings. The second-order valence-corrected chi connectivity index (χ2v) is 6.65. The largest absolute Gasteiger partial charge is 0.461 e. The van der Waals surface area contributed by atoms with Crippen LogP contribution in [0.3, 0.4) is 0 Å². The maximum Gasteiger partial charge on any atom is 0.355 e. The minimum atomic E-state index is -0.327. The highest BCUT2D eigenvalue weighted by Crippen LogP contribution is 2.25. The average molecular weight is 382 g/mol. The SMILES string of the molecule is CCOC(=O)c1[nH]c2ccc(C)cc2c1CCNC(=S)Nc1ccccc1. The van der Waals surface area contributed by atoms with Gasteiger partial charge in [-0.15, -0.1) is 0 Å². The van der Waals surface area contributed by atoms with Crippen LogP contribution < -0.4 is 10.6 Å². The molecule has 0 unspecified atom stereocenters. The number of hydrogen-bond donors (Lipinski definition) is 3. The van der Waals surface area contributed by atoms with Gasteiger partial charge in [0.1, 0.15) is 5.69 Å². The Morgan fingerprint density at radius 2 is 1.96 bits per heavy atom. The Morgan fingerprint density at radius 3 is 2.70 bits per heavy atom. The molecule has 140 valence electrons. The van der Waals surface area contributed by atoms with E-state index in [1.807, 2.05) is 49.4 Å². The molecule has 3 rings (SSSR count). The first-order chi connectivity index (χ1) is 13.1. The lowest BCUT2D eigenvalue weighted by molar-refractivity contribution is 0.0519. The van der Waals surface area contributed by atoms with Crippen molar-refractivity contribution in [2.45, 2.75) is 20.3 Å². The van der Waals surface area contributed by atoms with E-state index in [0.29, 0.717) is 30.4 Å². The molecule has 0 fully saturated rings. The number of thiocarbonyl (C=S) groups is 1. The molecule has 0 aliphatic heterocycles. The average Bonchev–Trinajstić information content (AvgIpc) is 3.01. The van der Waals surface area contributed by atoms with Gasteiger partial charge in [0, 0.05) is 23.1 Å². The molecule has 0 atom stereocenters. The molecule has 27 heavy (non-hydrogen) atoms. The van der Waals surface area contributed by atoms with Crippen LogP contribution in [0.1, 0.15) is 28.5 Å². The van der Waals surface area contributed by atoms with Crippen molar-refractivity contribution in [1.82, 2.24) is 10.3 Å². The summed E-state index contributed by atoms with van der Waals surface area (Å²) >= 11 is 5.35. The highest BCUT2D eigenvalue weighted by Gasteiger charge is 2.18. The van der Waals surface area contributed by atoms with Crippen molar-refractivity contribution in [3.8, 4) is 0 Å². The van der Waals surface area contributed by atoms with Gasteiger partial charge < -0.3 is 20.4 Å². The topological polar surface area (TPSA) is 66.2 Å². The molecule has 0 bridgehead atoms. The van der Waals surface area contributed by atoms with E-state index in [9.17, 15) is 4.79 Å². The van der Waals surface area contributed by atoms with E-state index in [2.05, 4.69) is 21.7 Å². The summed E-state index contributed by atoms with van der Waals surface area (Å²) in [7, 11) is 0. The number of aryl methyl sites for hydroxylation is 1. The van der Waals surface area contributed by atoms with Crippen molar-refractivity contribution in [2.75, 3.05) is 18.5 Å². The molecular formula is C21H23N3O2S. The molecule has 0 spiro atoms. The molecule has 3 N–H and O–H groups in total. The van der Waals surface area contributed by atoms with Gasteiger partial charge in [-0.25, -0.2) is 4.79 Å². The molecule has 0 saturated heterocycles.